The first-order valence-electron chi connectivity index (χ1n) is 11.9. The highest BCUT2D eigenvalue weighted by Gasteiger charge is 2.38. The van der Waals surface area contributed by atoms with Gasteiger partial charge >= 0.3 is 6.09 Å². The minimum Gasteiger partial charge on any atom is -0.445 e. The predicted molar refractivity (Wildman–Crippen MR) is 142 cm³/mol. The predicted octanol–water partition coefficient (Wildman–Crippen LogP) is 6.50. The van der Waals surface area contributed by atoms with Crippen LogP contribution in [0.2, 0.25) is 0 Å². The monoisotopic (exact) mass is 505 g/mol. The lowest BCUT2D eigenvalue weighted by atomic mass is 9.91. The number of aliphatic hydroxyl groups is 1. The van der Waals surface area contributed by atoms with Crippen molar-refractivity contribution in [3.05, 3.63) is 108 Å². The van der Waals surface area contributed by atoms with Gasteiger partial charge in [0.1, 0.15) is 6.61 Å². The standard InChI is InChI=1S/C29H31NO5S/c1-3-16-33-29(32)30-24-9-7-8-23(17-24)28-34-26(19-36-25-10-5-4-6-11-25)20(2)27(35-28)22-14-12-21(18-31)13-15-22/h3-15,17,20,26-28,31H,1,16,18-19H2,2H3,(H,30,32)/t20-,26+,27+,28+/m1/s1. The smallest absolute Gasteiger partial charge is 0.411 e. The van der Waals surface area contributed by atoms with E-state index in [0.29, 0.717) is 5.69 Å². The molecule has 4 atom stereocenters. The number of carbonyl (C=O) groups excluding carboxylic acids is 1. The fourth-order valence-corrected chi connectivity index (χ4v) is 5.14. The largest absolute Gasteiger partial charge is 0.445 e. The molecule has 4 rings (SSSR count). The van der Waals surface area contributed by atoms with E-state index in [2.05, 4.69) is 31.0 Å². The zero-order valence-corrected chi connectivity index (χ0v) is 21.0. The zero-order valence-electron chi connectivity index (χ0n) is 20.2. The summed E-state index contributed by atoms with van der Waals surface area (Å²) in [4.78, 5) is 13.2. The van der Waals surface area contributed by atoms with Crippen molar-refractivity contribution in [2.75, 3.05) is 17.7 Å². The molecule has 1 aliphatic rings. The Balaban J connectivity index is 1.56. The Morgan fingerprint density at radius 1 is 1.06 bits per heavy atom. The summed E-state index contributed by atoms with van der Waals surface area (Å²) in [5.74, 6) is 0.856. The molecule has 1 amide bonds. The average molecular weight is 506 g/mol. The van der Waals surface area contributed by atoms with Crippen LogP contribution in [0.4, 0.5) is 10.5 Å². The molecule has 0 radical (unpaired) electrons. The van der Waals surface area contributed by atoms with Crippen LogP contribution in [-0.2, 0) is 20.8 Å². The van der Waals surface area contributed by atoms with Crippen LogP contribution in [-0.4, -0.2) is 29.7 Å². The molecule has 6 nitrogen and oxygen atoms in total. The summed E-state index contributed by atoms with van der Waals surface area (Å²) in [7, 11) is 0. The summed E-state index contributed by atoms with van der Waals surface area (Å²) in [6, 6.07) is 25.5. The molecular formula is C29H31NO5S. The molecular weight excluding hydrogens is 474 g/mol. The van der Waals surface area contributed by atoms with Gasteiger partial charge in [-0.3, -0.25) is 5.32 Å². The summed E-state index contributed by atoms with van der Waals surface area (Å²) in [5.41, 5.74) is 3.28. The fourth-order valence-electron chi connectivity index (χ4n) is 4.06. The van der Waals surface area contributed by atoms with Gasteiger partial charge in [-0.25, -0.2) is 4.79 Å². The molecule has 0 spiro atoms. The number of anilines is 1. The SMILES string of the molecule is C=CCOC(=O)Nc1cccc([C@H]2O[C@@H](CSc3ccccc3)[C@@H](C)[C@@H](c3ccc(CO)cc3)O2)c1. The fraction of sp³-hybridized carbons (Fsp3) is 0.276. The normalized spacial score (nSPS) is 21.5. The number of hydrogen-bond donors (Lipinski definition) is 2. The summed E-state index contributed by atoms with van der Waals surface area (Å²) in [6.07, 6.45) is 0.0701. The highest BCUT2D eigenvalue weighted by Crippen LogP contribution is 2.43. The van der Waals surface area contributed by atoms with E-state index in [9.17, 15) is 9.90 Å². The second-order valence-electron chi connectivity index (χ2n) is 8.58. The topological polar surface area (TPSA) is 77.0 Å². The maximum atomic E-state index is 12.0. The number of thioether (sulfide) groups is 1. The molecule has 0 aliphatic carbocycles. The molecule has 36 heavy (non-hydrogen) atoms. The van der Waals surface area contributed by atoms with Gasteiger partial charge in [-0.1, -0.05) is 74.2 Å². The molecule has 2 N–H and O–H groups in total. The van der Waals surface area contributed by atoms with Gasteiger partial charge in [-0.2, -0.15) is 0 Å². The molecule has 0 saturated carbocycles. The van der Waals surface area contributed by atoms with E-state index in [-0.39, 0.29) is 31.3 Å². The van der Waals surface area contributed by atoms with E-state index < -0.39 is 12.4 Å². The van der Waals surface area contributed by atoms with Gasteiger partial charge in [0.05, 0.1) is 18.8 Å². The van der Waals surface area contributed by atoms with E-state index in [0.717, 1.165) is 22.4 Å². The van der Waals surface area contributed by atoms with Gasteiger partial charge in [0.15, 0.2) is 6.29 Å². The summed E-state index contributed by atoms with van der Waals surface area (Å²) in [5, 5.41) is 12.2. The van der Waals surface area contributed by atoms with Crippen LogP contribution in [0.15, 0.2) is 96.4 Å². The summed E-state index contributed by atoms with van der Waals surface area (Å²) < 4.78 is 18.0. The second-order valence-corrected chi connectivity index (χ2v) is 9.68. The first kappa shape index (κ1) is 26.0. The Bertz CT molecular complexity index is 1140. The highest BCUT2D eigenvalue weighted by molar-refractivity contribution is 7.99. The van der Waals surface area contributed by atoms with Gasteiger partial charge in [-0.15, -0.1) is 11.8 Å². The second kappa shape index (κ2) is 12.7. The Morgan fingerprint density at radius 3 is 2.56 bits per heavy atom. The highest BCUT2D eigenvalue weighted by atomic mass is 32.2. The zero-order chi connectivity index (χ0) is 25.3. The van der Waals surface area contributed by atoms with Crippen molar-refractivity contribution in [3.63, 3.8) is 0 Å². The molecule has 1 fully saturated rings. The summed E-state index contributed by atoms with van der Waals surface area (Å²) >= 11 is 1.76. The molecule has 188 valence electrons. The molecule has 3 aromatic rings. The number of nitrogens with one attached hydrogen (secondary N) is 1. The van der Waals surface area contributed by atoms with Gasteiger partial charge in [0, 0.05) is 27.8 Å². The lowest BCUT2D eigenvalue weighted by Crippen LogP contribution is -2.38. The van der Waals surface area contributed by atoms with Gasteiger partial charge < -0.3 is 19.3 Å². The van der Waals surface area contributed by atoms with Crippen molar-refractivity contribution in [1.82, 2.24) is 0 Å². The molecule has 0 bridgehead atoms. The molecule has 0 unspecified atom stereocenters. The lowest BCUT2D eigenvalue weighted by Gasteiger charge is -2.41. The Hall–Kier alpha value is -3.10. The van der Waals surface area contributed by atoms with Gasteiger partial charge in [0.25, 0.3) is 0 Å². The van der Waals surface area contributed by atoms with Gasteiger partial charge in [-0.05, 0) is 35.4 Å². The first-order chi connectivity index (χ1) is 17.6. The molecule has 1 saturated heterocycles. The maximum absolute atomic E-state index is 12.0. The minimum absolute atomic E-state index is 0.00153. The van der Waals surface area contributed by atoms with Crippen molar-refractivity contribution in [2.24, 2.45) is 5.92 Å². The number of ether oxygens (including phenoxy) is 3. The molecule has 3 aromatic carbocycles. The third kappa shape index (κ3) is 6.77. The average Bonchev–Trinajstić information content (AvgIpc) is 2.92. The van der Waals surface area contributed by atoms with Crippen LogP contribution in [0.5, 0.6) is 0 Å². The van der Waals surface area contributed by atoms with Crippen molar-refractivity contribution in [2.45, 2.75) is 36.9 Å². The van der Waals surface area contributed by atoms with Crippen molar-refractivity contribution < 1.29 is 24.1 Å². The summed E-state index contributed by atoms with van der Waals surface area (Å²) in [6.45, 7) is 5.83. The van der Waals surface area contributed by atoms with E-state index in [4.69, 9.17) is 14.2 Å². The van der Waals surface area contributed by atoms with Crippen LogP contribution in [0.25, 0.3) is 0 Å². The third-order valence-corrected chi connectivity index (χ3v) is 7.12. The van der Waals surface area contributed by atoms with Crippen LogP contribution in [0.1, 0.15) is 36.0 Å². The number of hydrogen-bond acceptors (Lipinski definition) is 6. The van der Waals surface area contributed by atoms with E-state index in [1.807, 2.05) is 60.7 Å². The lowest BCUT2D eigenvalue weighted by molar-refractivity contribution is -0.268. The number of carbonyl (C=O) groups is 1. The maximum Gasteiger partial charge on any atom is 0.411 e. The van der Waals surface area contributed by atoms with E-state index >= 15 is 0 Å². The van der Waals surface area contributed by atoms with E-state index in [1.54, 1.807) is 17.8 Å². The van der Waals surface area contributed by atoms with Crippen molar-refractivity contribution >= 4 is 23.5 Å². The molecule has 7 heteroatoms. The van der Waals surface area contributed by atoms with Crippen molar-refractivity contribution in [1.29, 1.82) is 0 Å². The quantitative estimate of drug-likeness (QED) is 0.255. The number of rotatable bonds is 9. The molecule has 0 aromatic heterocycles. The minimum atomic E-state index is -0.615. The van der Waals surface area contributed by atoms with E-state index in [1.165, 1.54) is 11.0 Å². The molecule has 1 aliphatic heterocycles. The number of benzene rings is 3. The first-order valence-corrected chi connectivity index (χ1v) is 12.9. The molecule has 1 heterocycles. The van der Waals surface area contributed by atoms with Crippen molar-refractivity contribution in [3.8, 4) is 0 Å². The Morgan fingerprint density at radius 2 is 1.83 bits per heavy atom. The van der Waals surface area contributed by atoms with Crippen LogP contribution < -0.4 is 5.32 Å². The Labute approximate surface area is 216 Å². The number of aliphatic hydroxyl groups excluding tert-OH is 1. The van der Waals surface area contributed by atoms with Crippen LogP contribution >= 0.6 is 11.8 Å². The van der Waals surface area contributed by atoms with Gasteiger partial charge in [0.2, 0.25) is 0 Å². The third-order valence-electron chi connectivity index (χ3n) is 6.02. The number of amides is 1. The Kier molecular flexibility index (Phi) is 9.19. The van der Waals surface area contributed by atoms with Crippen LogP contribution in [0, 0.1) is 5.92 Å². The van der Waals surface area contributed by atoms with Crippen LogP contribution in [0.3, 0.4) is 0 Å².